The van der Waals surface area contributed by atoms with E-state index in [-0.39, 0.29) is 0 Å². The van der Waals surface area contributed by atoms with Gasteiger partial charge < -0.3 is 9.32 Å². The number of fused-ring (bicyclic) bond motifs is 9. The molecule has 0 aliphatic rings. The average molecular weight is 618 g/mol. The second-order valence-electron chi connectivity index (χ2n) is 12.1. The first kappa shape index (κ1) is 26.3. The third kappa shape index (κ3) is 4.10. The lowest BCUT2D eigenvalue weighted by Crippen LogP contribution is -2.12. The molecule has 0 bridgehead atoms. The summed E-state index contributed by atoms with van der Waals surface area (Å²) in [6.45, 7) is 0. The minimum atomic E-state index is 0.896. The summed E-state index contributed by atoms with van der Waals surface area (Å²) in [4.78, 5) is 2.46. The van der Waals surface area contributed by atoms with Crippen LogP contribution in [0.3, 0.4) is 0 Å². The second-order valence-corrected chi connectivity index (χ2v) is 13.2. The highest BCUT2D eigenvalue weighted by atomic mass is 32.1. The third-order valence-corrected chi connectivity index (χ3v) is 10.6. The van der Waals surface area contributed by atoms with E-state index in [1.807, 2.05) is 23.5 Å². The Morgan fingerprint density at radius 1 is 0.404 bits per heavy atom. The van der Waals surface area contributed by atoms with Gasteiger partial charge in [-0.2, -0.15) is 0 Å². The molecule has 0 saturated heterocycles. The number of anilines is 3. The third-order valence-electron chi connectivity index (χ3n) is 9.44. The summed E-state index contributed by atoms with van der Waals surface area (Å²) >= 11 is 1.85. The van der Waals surface area contributed by atoms with Gasteiger partial charge in [0, 0.05) is 47.6 Å². The van der Waals surface area contributed by atoms with E-state index < -0.39 is 0 Å². The molecule has 8 aromatic carbocycles. The van der Waals surface area contributed by atoms with Crippen LogP contribution in [0.15, 0.2) is 168 Å². The van der Waals surface area contributed by atoms with Gasteiger partial charge in [0.1, 0.15) is 11.2 Å². The molecule has 0 spiro atoms. The van der Waals surface area contributed by atoms with Crippen LogP contribution in [0.1, 0.15) is 0 Å². The molecule has 2 nitrogen and oxygen atoms in total. The highest BCUT2D eigenvalue weighted by Gasteiger charge is 2.22. The largest absolute Gasteiger partial charge is 0.456 e. The Morgan fingerprint density at radius 2 is 1.06 bits per heavy atom. The zero-order valence-corrected chi connectivity index (χ0v) is 26.2. The molecular formula is C44H27NOS. The van der Waals surface area contributed by atoms with E-state index in [4.69, 9.17) is 4.42 Å². The first-order valence-corrected chi connectivity index (χ1v) is 16.7. The first-order valence-electron chi connectivity index (χ1n) is 15.9. The van der Waals surface area contributed by atoms with E-state index in [0.29, 0.717) is 0 Å². The minimum Gasteiger partial charge on any atom is -0.456 e. The van der Waals surface area contributed by atoms with Crippen molar-refractivity contribution in [3.8, 4) is 11.1 Å². The molecule has 0 radical (unpaired) electrons. The highest BCUT2D eigenvalue weighted by Crippen LogP contribution is 2.47. The summed E-state index contributed by atoms with van der Waals surface area (Å²) in [5, 5.41) is 9.81. The molecule has 220 valence electrons. The van der Waals surface area contributed by atoms with E-state index in [2.05, 4.69) is 157 Å². The van der Waals surface area contributed by atoms with Gasteiger partial charge in [-0.15, -0.1) is 11.3 Å². The predicted octanol–water partition coefficient (Wildman–Crippen LogP) is 13.4. The smallest absolute Gasteiger partial charge is 0.136 e. The molecule has 0 fully saturated rings. The van der Waals surface area contributed by atoms with Gasteiger partial charge >= 0.3 is 0 Å². The van der Waals surface area contributed by atoms with Crippen LogP contribution in [-0.2, 0) is 0 Å². The number of para-hydroxylation sites is 2. The number of hydrogen-bond acceptors (Lipinski definition) is 3. The zero-order chi connectivity index (χ0) is 30.9. The molecule has 0 aliphatic heterocycles. The van der Waals surface area contributed by atoms with Gasteiger partial charge in [0.2, 0.25) is 0 Å². The van der Waals surface area contributed by atoms with Crippen LogP contribution in [0.2, 0.25) is 0 Å². The van der Waals surface area contributed by atoms with Gasteiger partial charge in [-0.3, -0.25) is 0 Å². The summed E-state index contributed by atoms with van der Waals surface area (Å²) in [6, 6.07) is 59.1. The molecule has 0 N–H and O–H groups in total. The number of rotatable bonds is 4. The topological polar surface area (TPSA) is 16.4 Å². The standard InChI is InChI=1S/C44H27NOS/c1-2-12-31-28(11-1)25-40(34-15-4-3-14-33(31)34)45(30-22-24-38-37-17-7-10-20-43(37)47-44(38)27-30)39-18-8-5-13-32(39)29-21-23-36-35-16-6-9-19-41(35)46-42(36)26-29/h1-27H. The summed E-state index contributed by atoms with van der Waals surface area (Å²) in [7, 11) is 0. The summed E-state index contributed by atoms with van der Waals surface area (Å²) in [5.41, 5.74) is 7.46. The average Bonchev–Trinajstić information content (AvgIpc) is 3.69. The Bertz CT molecular complexity index is 2820. The Hall–Kier alpha value is -5.90. The van der Waals surface area contributed by atoms with Crippen molar-refractivity contribution in [2.75, 3.05) is 4.90 Å². The molecule has 0 aliphatic carbocycles. The van der Waals surface area contributed by atoms with Crippen LogP contribution in [0.4, 0.5) is 17.1 Å². The lowest BCUT2D eigenvalue weighted by Gasteiger charge is -2.29. The van der Waals surface area contributed by atoms with Crippen LogP contribution in [0, 0.1) is 0 Å². The van der Waals surface area contributed by atoms with Crippen molar-refractivity contribution >= 4 is 92.1 Å². The van der Waals surface area contributed by atoms with Gasteiger partial charge in [-0.25, -0.2) is 0 Å². The fourth-order valence-electron chi connectivity index (χ4n) is 7.29. The van der Waals surface area contributed by atoms with Gasteiger partial charge in [0.25, 0.3) is 0 Å². The van der Waals surface area contributed by atoms with Crippen LogP contribution in [-0.4, -0.2) is 0 Å². The number of benzene rings is 8. The number of thiophene rings is 1. The van der Waals surface area contributed by atoms with Crippen molar-refractivity contribution in [2.45, 2.75) is 0 Å². The van der Waals surface area contributed by atoms with Gasteiger partial charge in [0.05, 0.1) is 11.4 Å². The monoisotopic (exact) mass is 617 g/mol. The van der Waals surface area contributed by atoms with Crippen molar-refractivity contribution in [1.29, 1.82) is 0 Å². The highest BCUT2D eigenvalue weighted by molar-refractivity contribution is 7.25. The summed E-state index contributed by atoms with van der Waals surface area (Å²) in [5.74, 6) is 0. The SMILES string of the molecule is c1ccc(N(c2ccc3c(c2)sc2ccccc23)c2cc3ccccc3c3ccccc23)c(-c2ccc3c(c2)oc2ccccc23)c1. The number of furan rings is 1. The van der Waals surface area contributed by atoms with Crippen LogP contribution >= 0.6 is 11.3 Å². The van der Waals surface area contributed by atoms with Crippen molar-refractivity contribution in [2.24, 2.45) is 0 Å². The van der Waals surface area contributed by atoms with E-state index in [0.717, 1.165) is 50.1 Å². The number of nitrogens with zero attached hydrogens (tertiary/aromatic N) is 1. The Morgan fingerprint density at radius 3 is 1.98 bits per heavy atom. The minimum absolute atomic E-state index is 0.896. The second kappa shape index (κ2) is 10.3. The normalized spacial score (nSPS) is 11.8. The van der Waals surface area contributed by atoms with E-state index >= 15 is 0 Å². The quantitative estimate of drug-likeness (QED) is 0.183. The maximum Gasteiger partial charge on any atom is 0.136 e. The maximum absolute atomic E-state index is 6.35. The Labute approximate surface area is 275 Å². The van der Waals surface area contributed by atoms with Crippen molar-refractivity contribution in [1.82, 2.24) is 0 Å². The van der Waals surface area contributed by atoms with Gasteiger partial charge in [0.15, 0.2) is 0 Å². The maximum atomic E-state index is 6.35. The van der Waals surface area contributed by atoms with Gasteiger partial charge in [-0.1, -0.05) is 115 Å². The van der Waals surface area contributed by atoms with Crippen molar-refractivity contribution in [3.05, 3.63) is 164 Å². The summed E-state index contributed by atoms with van der Waals surface area (Å²) < 4.78 is 8.94. The molecule has 0 unspecified atom stereocenters. The van der Waals surface area contributed by atoms with E-state index in [1.165, 1.54) is 41.7 Å². The Balaban J connectivity index is 1.26. The lowest BCUT2D eigenvalue weighted by atomic mass is 9.97. The molecular weight excluding hydrogens is 591 g/mol. The molecule has 10 rings (SSSR count). The molecule has 3 heteroatoms. The summed E-state index contributed by atoms with van der Waals surface area (Å²) in [6.07, 6.45) is 0. The van der Waals surface area contributed by atoms with Crippen LogP contribution in [0.25, 0.3) is 74.8 Å². The molecule has 47 heavy (non-hydrogen) atoms. The van der Waals surface area contributed by atoms with Crippen molar-refractivity contribution < 1.29 is 4.42 Å². The van der Waals surface area contributed by atoms with Crippen molar-refractivity contribution in [3.63, 3.8) is 0 Å². The lowest BCUT2D eigenvalue weighted by molar-refractivity contribution is 0.669. The van der Waals surface area contributed by atoms with Gasteiger partial charge in [-0.05, 0) is 70.3 Å². The molecule has 0 atom stereocenters. The molecule has 0 saturated carbocycles. The fraction of sp³-hybridized carbons (Fsp3) is 0. The Kier molecular flexibility index (Phi) is 5.78. The predicted molar refractivity (Wildman–Crippen MR) is 202 cm³/mol. The van der Waals surface area contributed by atoms with Crippen LogP contribution < -0.4 is 4.90 Å². The van der Waals surface area contributed by atoms with E-state index in [1.54, 1.807) is 0 Å². The molecule has 2 aromatic heterocycles. The molecule has 0 amide bonds. The number of hydrogen-bond donors (Lipinski definition) is 0. The van der Waals surface area contributed by atoms with Crippen LogP contribution in [0.5, 0.6) is 0 Å². The zero-order valence-electron chi connectivity index (χ0n) is 25.4. The first-order chi connectivity index (χ1) is 23.3. The fourth-order valence-corrected chi connectivity index (χ4v) is 8.43. The molecule has 10 aromatic rings. The molecule has 2 heterocycles. The van der Waals surface area contributed by atoms with E-state index in [9.17, 15) is 0 Å².